The van der Waals surface area contributed by atoms with Crippen LogP contribution < -0.4 is 0 Å². The average Bonchev–Trinajstić information content (AvgIpc) is 2.66. The van der Waals surface area contributed by atoms with E-state index in [1.807, 2.05) is 0 Å². The first kappa shape index (κ1) is 15.8. The van der Waals surface area contributed by atoms with Crippen molar-refractivity contribution in [1.82, 2.24) is 4.57 Å². The molecule has 0 aliphatic heterocycles. The minimum Gasteiger partial charge on any atom is -0.415 e. The van der Waals surface area contributed by atoms with Gasteiger partial charge in [0.15, 0.2) is 8.32 Å². The van der Waals surface area contributed by atoms with Gasteiger partial charge in [0, 0.05) is 28.1 Å². The van der Waals surface area contributed by atoms with E-state index < -0.39 is 8.32 Å². The van der Waals surface area contributed by atoms with Crippen LogP contribution in [-0.2, 0) is 11.0 Å². The van der Waals surface area contributed by atoms with Crippen molar-refractivity contribution in [3.8, 4) is 0 Å². The van der Waals surface area contributed by atoms with Crippen LogP contribution >= 0.6 is 15.9 Å². The Hall–Kier alpha value is -0.583. The fourth-order valence-corrected chi connectivity index (χ4v) is 3.62. The Balaban J connectivity index is 2.08. The molecule has 0 aliphatic rings. The van der Waals surface area contributed by atoms with E-state index in [1.54, 1.807) is 0 Å². The van der Waals surface area contributed by atoms with Crippen LogP contribution in [0, 0.1) is 0 Å². The Bertz CT molecular complexity index is 598. The SMILES string of the molecule is CC(C)(C)[Si](C)(C)OCCn1cc(Br)c2ccccc21. The van der Waals surface area contributed by atoms with Crippen molar-refractivity contribution in [3.05, 3.63) is 34.9 Å². The first-order chi connectivity index (χ1) is 9.22. The minimum atomic E-state index is -1.64. The van der Waals surface area contributed by atoms with Crippen LogP contribution in [0.1, 0.15) is 20.8 Å². The van der Waals surface area contributed by atoms with E-state index in [2.05, 4.69) is 84.8 Å². The molecule has 4 heteroatoms. The van der Waals surface area contributed by atoms with Gasteiger partial charge in [-0.15, -0.1) is 0 Å². The zero-order valence-corrected chi connectivity index (χ0v) is 15.6. The highest BCUT2D eigenvalue weighted by molar-refractivity contribution is 9.10. The predicted octanol–water partition coefficient (Wildman–Crippen LogP) is 5.43. The van der Waals surface area contributed by atoms with Gasteiger partial charge in [0.05, 0.1) is 6.61 Å². The molecule has 20 heavy (non-hydrogen) atoms. The van der Waals surface area contributed by atoms with Gasteiger partial charge in [0.25, 0.3) is 0 Å². The van der Waals surface area contributed by atoms with Gasteiger partial charge in [-0.25, -0.2) is 0 Å². The molecule has 0 N–H and O–H groups in total. The van der Waals surface area contributed by atoms with Crippen molar-refractivity contribution >= 4 is 35.2 Å². The molecule has 1 heterocycles. The molecule has 0 saturated carbocycles. The summed E-state index contributed by atoms with van der Waals surface area (Å²) < 4.78 is 9.68. The van der Waals surface area contributed by atoms with E-state index in [1.165, 1.54) is 10.9 Å². The van der Waals surface area contributed by atoms with Crippen molar-refractivity contribution < 1.29 is 4.43 Å². The third kappa shape index (κ3) is 3.18. The van der Waals surface area contributed by atoms with Gasteiger partial charge in [0.1, 0.15) is 0 Å². The van der Waals surface area contributed by atoms with E-state index in [-0.39, 0.29) is 5.04 Å². The second-order valence-corrected chi connectivity index (χ2v) is 12.5. The first-order valence-electron chi connectivity index (χ1n) is 7.10. The summed E-state index contributed by atoms with van der Waals surface area (Å²) in [5, 5.41) is 1.53. The van der Waals surface area contributed by atoms with E-state index in [4.69, 9.17) is 4.43 Å². The van der Waals surface area contributed by atoms with Gasteiger partial charge in [-0.1, -0.05) is 39.0 Å². The van der Waals surface area contributed by atoms with E-state index in [0.29, 0.717) is 0 Å². The van der Waals surface area contributed by atoms with E-state index >= 15 is 0 Å². The third-order valence-electron chi connectivity index (χ3n) is 4.34. The predicted molar refractivity (Wildman–Crippen MR) is 92.8 cm³/mol. The third-order valence-corrected chi connectivity index (χ3v) is 9.51. The Morgan fingerprint density at radius 3 is 2.50 bits per heavy atom. The molecule has 1 aromatic carbocycles. The van der Waals surface area contributed by atoms with E-state index in [9.17, 15) is 0 Å². The summed E-state index contributed by atoms with van der Waals surface area (Å²) in [4.78, 5) is 0. The van der Waals surface area contributed by atoms with Gasteiger partial charge < -0.3 is 8.99 Å². The number of nitrogens with zero attached hydrogens (tertiary/aromatic N) is 1. The number of benzene rings is 1. The molecule has 2 nitrogen and oxygen atoms in total. The van der Waals surface area contributed by atoms with Crippen LogP contribution in [0.4, 0.5) is 0 Å². The van der Waals surface area contributed by atoms with Gasteiger partial charge in [-0.2, -0.15) is 0 Å². The Kier molecular flexibility index (Phi) is 4.47. The largest absolute Gasteiger partial charge is 0.415 e. The summed E-state index contributed by atoms with van der Waals surface area (Å²) >= 11 is 3.63. The summed E-state index contributed by atoms with van der Waals surface area (Å²) in [6.07, 6.45) is 2.15. The summed E-state index contributed by atoms with van der Waals surface area (Å²) in [7, 11) is -1.64. The van der Waals surface area contributed by atoms with Gasteiger partial charge in [0.2, 0.25) is 0 Å². The van der Waals surface area contributed by atoms with Crippen LogP contribution in [0.25, 0.3) is 10.9 Å². The highest BCUT2D eigenvalue weighted by atomic mass is 79.9. The molecule has 0 bridgehead atoms. The molecule has 2 aromatic rings. The number of halogens is 1. The van der Waals surface area contributed by atoms with E-state index in [0.717, 1.165) is 17.6 Å². The zero-order chi connectivity index (χ0) is 15.0. The Morgan fingerprint density at radius 2 is 1.85 bits per heavy atom. The summed E-state index contributed by atoms with van der Waals surface area (Å²) in [5.74, 6) is 0. The maximum absolute atomic E-state index is 6.26. The number of rotatable bonds is 4. The monoisotopic (exact) mass is 353 g/mol. The lowest BCUT2D eigenvalue weighted by Crippen LogP contribution is -2.41. The number of fused-ring (bicyclic) bond motifs is 1. The molecule has 0 fully saturated rings. The second kappa shape index (κ2) is 5.66. The van der Waals surface area contributed by atoms with Gasteiger partial charge >= 0.3 is 0 Å². The zero-order valence-electron chi connectivity index (χ0n) is 13.0. The quantitative estimate of drug-likeness (QED) is 0.668. The molecule has 0 spiro atoms. The number of hydrogen-bond donors (Lipinski definition) is 0. The summed E-state index contributed by atoms with van der Waals surface area (Å²) in [5.41, 5.74) is 1.26. The minimum absolute atomic E-state index is 0.270. The molecule has 0 atom stereocenters. The van der Waals surface area contributed by atoms with Gasteiger partial charge in [-0.3, -0.25) is 0 Å². The smallest absolute Gasteiger partial charge is 0.192 e. The van der Waals surface area contributed by atoms with Crippen molar-refractivity contribution in [2.45, 2.75) is 45.4 Å². The highest BCUT2D eigenvalue weighted by Crippen LogP contribution is 2.36. The van der Waals surface area contributed by atoms with Gasteiger partial charge in [-0.05, 0) is 40.1 Å². The maximum atomic E-state index is 6.26. The topological polar surface area (TPSA) is 14.2 Å². The molecule has 0 radical (unpaired) electrons. The molecule has 0 saturated heterocycles. The van der Waals surface area contributed by atoms with Crippen LogP contribution in [0.5, 0.6) is 0 Å². The summed E-state index contributed by atoms with van der Waals surface area (Å²) in [6.45, 7) is 13.1. The Labute approximate surface area is 131 Å². The lowest BCUT2D eigenvalue weighted by atomic mass is 10.2. The Morgan fingerprint density at radius 1 is 1.20 bits per heavy atom. The maximum Gasteiger partial charge on any atom is 0.192 e. The van der Waals surface area contributed by atoms with Crippen LogP contribution in [0.2, 0.25) is 18.1 Å². The van der Waals surface area contributed by atoms with Crippen LogP contribution in [0.3, 0.4) is 0 Å². The fraction of sp³-hybridized carbons (Fsp3) is 0.500. The number of aromatic nitrogens is 1. The molecular weight excluding hydrogens is 330 g/mol. The molecule has 1 aromatic heterocycles. The second-order valence-electron chi connectivity index (χ2n) is 6.80. The molecular formula is C16H24BrNOSi. The van der Waals surface area contributed by atoms with Crippen molar-refractivity contribution in [3.63, 3.8) is 0 Å². The molecule has 0 unspecified atom stereocenters. The average molecular weight is 354 g/mol. The standard InChI is InChI=1S/C16H24BrNOSi/c1-16(2,3)20(4,5)19-11-10-18-12-14(17)13-8-6-7-9-15(13)18/h6-9,12H,10-11H2,1-5H3. The van der Waals surface area contributed by atoms with Crippen molar-refractivity contribution in [2.24, 2.45) is 0 Å². The molecule has 2 rings (SSSR count). The normalized spacial score (nSPS) is 13.1. The lowest BCUT2D eigenvalue weighted by Gasteiger charge is -2.36. The fourth-order valence-electron chi connectivity index (χ4n) is 2.00. The van der Waals surface area contributed by atoms with Crippen molar-refractivity contribution in [2.75, 3.05) is 6.61 Å². The molecule has 110 valence electrons. The highest BCUT2D eigenvalue weighted by Gasteiger charge is 2.36. The number of para-hydroxylation sites is 1. The molecule has 0 aliphatic carbocycles. The van der Waals surface area contributed by atoms with Crippen LogP contribution in [-0.4, -0.2) is 19.5 Å². The molecule has 0 amide bonds. The van der Waals surface area contributed by atoms with Crippen molar-refractivity contribution in [1.29, 1.82) is 0 Å². The van der Waals surface area contributed by atoms with Crippen LogP contribution in [0.15, 0.2) is 34.9 Å². The first-order valence-corrected chi connectivity index (χ1v) is 10.8. The number of hydrogen-bond acceptors (Lipinski definition) is 1. The summed E-state index contributed by atoms with van der Waals surface area (Å²) in [6, 6.07) is 8.46. The lowest BCUT2D eigenvalue weighted by molar-refractivity contribution is 0.273.